The Labute approximate surface area is 104 Å². The fourth-order valence-electron chi connectivity index (χ4n) is 2.62. The lowest BCUT2D eigenvalue weighted by molar-refractivity contribution is 0.120. The highest BCUT2D eigenvalue weighted by atomic mass is 16.3. The highest BCUT2D eigenvalue weighted by Gasteiger charge is 2.27. The van der Waals surface area contributed by atoms with Gasteiger partial charge in [-0.25, -0.2) is 0 Å². The second-order valence-electron chi connectivity index (χ2n) is 4.97. The summed E-state index contributed by atoms with van der Waals surface area (Å²) in [5.41, 5.74) is 2.63. The van der Waals surface area contributed by atoms with E-state index in [0.717, 1.165) is 19.4 Å². The number of aliphatic hydroxyl groups is 1. The second kappa shape index (κ2) is 6.18. The minimum Gasteiger partial charge on any atom is -0.391 e. The van der Waals surface area contributed by atoms with Crippen molar-refractivity contribution in [1.29, 1.82) is 0 Å². The van der Waals surface area contributed by atoms with E-state index in [0.29, 0.717) is 0 Å². The van der Waals surface area contributed by atoms with Gasteiger partial charge in [0.15, 0.2) is 0 Å². The Morgan fingerprint density at radius 2 is 2.12 bits per heavy atom. The monoisotopic (exact) mass is 233 g/mol. The van der Waals surface area contributed by atoms with Crippen LogP contribution in [0.4, 0.5) is 0 Å². The Balaban J connectivity index is 1.87. The molecule has 0 aliphatic carbocycles. The van der Waals surface area contributed by atoms with Gasteiger partial charge in [0.25, 0.3) is 0 Å². The van der Waals surface area contributed by atoms with Crippen LogP contribution in [-0.2, 0) is 6.54 Å². The average molecular weight is 233 g/mol. The van der Waals surface area contributed by atoms with Gasteiger partial charge in [-0.3, -0.25) is 0 Å². The summed E-state index contributed by atoms with van der Waals surface area (Å²) >= 11 is 0. The van der Waals surface area contributed by atoms with Crippen molar-refractivity contribution in [3.63, 3.8) is 0 Å². The maximum Gasteiger partial charge on any atom is 0.0735 e. The molecule has 0 fully saturated rings. The Bertz CT molecular complexity index is 351. The predicted molar refractivity (Wildman–Crippen MR) is 70.8 cm³/mol. The number of rotatable bonds is 6. The predicted octanol–water partition coefficient (Wildman–Crippen LogP) is 3.16. The molecule has 1 heterocycles. The van der Waals surface area contributed by atoms with E-state index < -0.39 is 0 Å². The second-order valence-corrected chi connectivity index (χ2v) is 4.97. The highest BCUT2D eigenvalue weighted by molar-refractivity contribution is 5.34. The summed E-state index contributed by atoms with van der Waals surface area (Å²) in [6.07, 6.45) is 5.57. The molecular formula is C15H23NO. The maximum absolute atomic E-state index is 10.2. The molecule has 2 unspecified atom stereocenters. The Morgan fingerprint density at radius 1 is 1.29 bits per heavy atom. The summed E-state index contributed by atoms with van der Waals surface area (Å²) in [6, 6.07) is 8.55. The van der Waals surface area contributed by atoms with Gasteiger partial charge in [-0.15, -0.1) is 0 Å². The van der Waals surface area contributed by atoms with Crippen LogP contribution in [0.5, 0.6) is 0 Å². The number of hydrogen-bond acceptors (Lipinski definition) is 2. The van der Waals surface area contributed by atoms with Gasteiger partial charge in [-0.05, 0) is 17.5 Å². The number of nitrogens with one attached hydrogen (secondary N) is 1. The molecule has 0 bridgehead atoms. The summed E-state index contributed by atoms with van der Waals surface area (Å²) in [6.45, 7) is 3.11. The van der Waals surface area contributed by atoms with E-state index in [4.69, 9.17) is 0 Å². The molecule has 0 radical (unpaired) electrons. The Morgan fingerprint density at radius 3 is 2.94 bits per heavy atom. The Hall–Kier alpha value is -0.860. The minimum atomic E-state index is -0.240. The third-order valence-corrected chi connectivity index (χ3v) is 3.64. The fourth-order valence-corrected chi connectivity index (χ4v) is 2.62. The van der Waals surface area contributed by atoms with Crippen LogP contribution < -0.4 is 5.32 Å². The number of fused-ring (bicyclic) bond motifs is 1. The molecule has 0 saturated heterocycles. The summed E-state index contributed by atoms with van der Waals surface area (Å²) in [5, 5.41) is 13.6. The first kappa shape index (κ1) is 12.6. The van der Waals surface area contributed by atoms with Crippen LogP contribution in [0.2, 0.25) is 0 Å². The van der Waals surface area contributed by atoms with Gasteiger partial charge in [0.2, 0.25) is 0 Å². The lowest BCUT2D eigenvalue weighted by atomic mass is 9.97. The standard InChI is InChI=1S/C15H23NO/c1-2-3-4-5-10-14(17)15-13-9-7-6-8-12(13)11-16-15/h6-9,14-17H,2-5,10-11H2,1H3. The van der Waals surface area contributed by atoms with E-state index in [1.807, 2.05) is 0 Å². The molecule has 0 aromatic heterocycles. The molecule has 0 amide bonds. The molecule has 1 aliphatic heterocycles. The van der Waals surface area contributed by atoms with E-state index >= 15 is 0 Å². The number of unbranched alkanes of at least 4 members (excludes halogenated alkanes) is 3. The minimum absolute atomic E-state index is 0.146. The molecule has 2 heteroatoms. The molecule has 0 saturated carbocycles. The van der Waals surface area contributed by atoms with E-state index in [1.165, 1.54) is 30.4 Å². The normalized spacial score (nSPS) is 20.2. The maximum atomic E-state index is 10.2. The largest absolute Gasteiger partial charge is 0.391 e. The molecule has 2 nitrogen and oxygen atoms in total. The molecular weight excluding hydrogens is 210 g/mol. The zero-order valence-electron chi connectivity index (χ0n) is 10.7. The van der Waals surface area contributed by atoms with Crippen LogP contribution in [0.25, 0.3) is 0 Å². The van der Waals surface area contributed by atoms with Crippen molar-refractivity contribution < 1.29 is 5.11 Å². The van der Waals surface area contributed by atoms with Crippen molar-refractivity contribution in [2.75, 3.05) is 0 Å². The first-order valence-electron chi connectivity index (χ1n) is 6.82. The van der Waals surface area contributed by atoms with Gasteiger partial charge >= 0.3 is 0 Å². The first-order chi connectivity index (χ1) is 8.33. The molecule has 94 valence electrons. The molecule has 1 aromatic carbocycles. The van der Waals surface area contributed by atoms with E-state index in [-0.39, 0.29) is 12.1 Å². The summed E-state index contributed by atoms with van der Waals surface area (Å²) in [5.74, 6) is 0. The van der Waals surface area contributed by atoms with Crippen LogP contribution in [0.1, 0.15) is 56.2 Å². The van der Waals surface area contributed by atoms with E-state index in [1.54, 1.807) is 0 Å². The lowest BCUT2D eigenvalue weighted by Crippen LogP contribution is -2.26. The van der Waals surface area contributed by atoms with Crippen molar-refractivity contribution in [3.8, 4) is 0 Å². The van der Waals surface area contributed by atoms with Gasteiger partial charge in [0, 0.05) is 6.54 Å². The average Bonchev–Trinajstić information content (AvgIpc) is 2.78. The zero-order valence-corrected chi connectivity index (χ0v) is 10.7. The quantitative estimate of drug-likeness (QED) is 0.740. The topological polar surface area (TPSA) is 32.3 Å². The summed E-state index contributed by atoms with van der Waals surface area (Å²) in [4.78, 5) is 0. The Kier molecular flexibility index (Phi) is 4.57. The third kappa shape index (κ3) is 3.08. The molecule has 17 heavy (non-hydrogen) atoms. The molecule has 2 N–H and O–H groups in total. The van der Waals surface area contributed by atoms with Crippen molar-refractivity contribution in [3.05, 3.63) is 35.4 Å². The van der Waals surface area contributed by atoms with Crippen molar-refractivity contribution in [1.82, 2.24) is 5.32 Å². The SMILES string of the molecule is CCCCCCC(O)C1NCc2ccccc21. The first-order valence-corrected chi connectivity index (χ1v) is 6.82. The van der Waals surface area contributed by atoms with Gasteiger partial charge in [0.05, 0.1) is 12.1 Å². The van der Waals surface area contributed by atoms with Crippen LogP contribution >= 0.6 is 0 Å². The van der Waals surface area contributed by atoms with Crippen LogP contribution in [-0.4, -0.2) is 11.2 Å². The smallest absolute Gasteiger partial charge is 0.0735 e. The molecule has 1 aromatic rings. The van der Waals surface area contributed by atoms with Gasteiger partial charge in [-0.1, -0.05) is 56.9 Å². The van der Waals surface area contributed by atoms with Crippen molar-refractivity contribution in [2.24, 2.45) is 0 Å². The zero-order chi connectivity index (χ0) is 12.1. The number of aliphatic hydroxyl groups excluding tert-OH is 1. The summed E-state index contributed by atoms with van der Waals surface area (Å²) in [7, 11) is 0. The van der Waals surface area contributed by atoms with Crippen molar-refractivity contribution >= 4 is 0 Å². The number of hydrogen-bond donors (Lipinski definition) is 2. The van der Waals surface area contributed by atoms with Gasteiger partial charge in [0.1, 0.15) is 0 Å². The van der Waals surface area contributed by atoms with Gasteiger partial charge < -0.3 is 10.4 Å². The van der Waals surface area contributed by atoms with Crippen molar-refractivity contribution in [2.45, 2.75) is 57.7 Å². The molecule has 2 rings (SSSR count). The lowest BCUT2D eigenvalue weighted by Gasteiger charge is -2.19. The molecule has 0 spiro atoms. The molecule has 1 aliphatic rings. The third-order valence-electron chi connectivity index (χ3n) is 3.64. The number of benzene rings is 1. The fraction of sp³-hybridized carbons (Fsp3) is 0.600. The highest BCUT2D eigenvalue weighted by Crippen LogP contribution is 2.29. The van der Waals surface area contributed by atoms with Crippen LogP contribution in [0, 0.1) is 0 Å². The van der Waals surface area contributed by atoms with E-state index in [9.17, 15) is 5.11 Å². The molecule has 2 atom stereocenters. The van der Waals surface area contributed by atoms with Gasteiger partial charge in [-0.2, -0.15) is 0 Å². The summed E-state index contributed by atoms with van der Waals surface area (Å²) < 4.78 is 0. The van der Waals surface area contributed by atoms with Crippen LogP contribution in [0.3, 0.4) is 0 Å². The van der Waals surface area contributed by atoms with E-state index in [2.05, 4.69) is 36.5 Å². The van der Waals surface area contributed by atoms with Crippen LogP contribution in [0.15, 0.2) is 24.3 Å².